The second kappa shape index (κ2) is 7.12. The van der Waals surface area contributed by atoms with Crippen LogP contribution in [-0.4, -0.2) is 24.2 Å². The van der Waals surface area contributed by atoms with Crippen LogP contribution < -0.4 is 9.64 Å². The lowest BCUT2D eigenvalue weighted by Gasteiger charge is -2.20. The summed E-state index contributed by atoms with van der Waals surface area (Å²) in [6.45, 7) is 5.76. The number of carbonyl (C=O) groups excluding carboxylic acids is 3. The molecule has 1 aliphatic rings. The molecule has 0 spiro atoms. The Balaban J connectivity index is 1.71. The number of rotatable bonds is 4. The molecule has 5 heteroatoms. The van der Waals surface area contributed by atoms with E-state index >= 15 is 0 Å². The summed E-state index contributed by atoms with van der Waals surface area (Å²) in [7, 11) is 0. The summed E-state index contributed by atoms with van der Waals surface area (Å²) < 4.78 is 5.39. The van der Waals surface area contributed by atoms with Crippen LogP contribution >= 0.6 is 0 Å². The zero-order valence-electron chi connectivity index (χ0n) is 15.1. The van der Waals surface area contributed by atoms with Crippen LogP contribution in [0.15, 0.2) is 42.5 Å². The molecule has 0 radical (unpaired) electrons. The average molecular weight is 351 g/mol. The molecular formula is C21H21NO4. The number of esters is 1. The van der Waals surface area contributed by atoms with Gasteiger partial charge in [-0.1, -0.05) is 12.1 Å². The van der Waals surface area contributed by atoms with E-state index in [-0.39, 0.29) is 18.1 Å². The second-order valence-corrected chi connectivity index (χ2v) is 6.63. The fourth-order valence-electron chi connectivity index (χ4n) is 3.08. The molecule has 2 aromatic carbocycles. The smallest absolute Gasteiger partial charge is 0.316 e. The van der Waals surface area contributed by atoms with E-state index in [4.69, 9.17) is 4.74 Å². The van der Waals surface area contributed by atoms with E-state index < -0.39 is 11.9 Å². The van der Waals surface area contributed by atoms with Gasteiger partial charge in [-0.2, -0.15) is 0 Å². The molecule has 1 fully saturated rings. The largest absolute Gasteiger partial charge is 0.426 e. The van der Waals surface area contributed by atoms with Crippen LogP contribution in [0, 0.1) is 19.8 Å². The maximum Gasteiger partial charge on any atom is 0.316 e. The van der Waals surface area contributed by atoms with Crippen LogP contribution in [0.5, 0.6) is 5.75 Å². The number of amides is 1. The number of anilines is 1. The highest BCUT2D eigenvalue weighted by atomic mass is 16.5. The number of ketones is 1. The number of hydrogen-bond acceptors (Lipinski definition) is 4. The molecule has 0 unspecified atom stereocenters. The van der Waals surface area contributed by atoms with Crippen LogP contribution in [0.4, 0.5) is 5.69 Å². The molecule has 1 saturated heterocycles. The monoisotopic (exact) mass is 351 g/mol. The minimum absolute atomic E-state index is 0.0477. The van der Waals surface area contributed by atoms with Gasteiger partial charge in [0.15, 0.2) is 5.78 Å². The Morgan fingerprint density at radius 3 is 2.42 bits per heavy atom. The first kappa shape index (κ1) is 17.9. The van der Waals surface area contributed by atoms with Crippen molar-refractivity contribution in [1.29, 1.82) is 0 Å². The Morgan fingerprint density at radius 1 is 1.08 bits per heavy atom. The average Bonchev–Trinajstić information content (AvgIpc) is 2.99. The maximum atomic E-state index is 12.4. The van der Waals surface area contributed by atoms with Gasteiger partial charge in [-0.15, -0.1) is 0 Å². The quantitative estimate of drug-likeness (QED) is 0.481. The second-order valence-electron chi connectivity index (χ2n) is 6.63. The highest BCUT2D eigenvalue weighted by molar-refractivity contribution is 6.00. The van der Waals surface area contributed by atoms with E-state index in [1.165, 1.54) is 6.92 Å². The molecule has 5 nitrogen and oxygen atoms in total. The summed E-state index contributed by atoms with van der Waals surface area (Å²) in [5.74, 6) is -0.685. The Bertz CT molecular complexity index is 870. The van der Waals surface area contributed by atoms with E-state index in [9.17, 15) is 14.4 Å². The zero-order chi connectivity index (χ0) is 18.8. The van der Waals surface area contributed by atoms with Crippen molar-refractivity contribution in [2.24, 2.45) is 5.92 Å². The van der Waals surface area contributed by atoms with Gasteiger partial charge in [-0.25, -0.2) is 0 Å². The maximum absolute atomic E-state index is 12.4. The molecule has 0 aromatic heterocycles. The minimum Gasteiger partial charge on any atom is -0.426 e. The first-order valence-electron chi connectivity index (χ1n) is 8.56. The van der Waals surface area contributed by atoms with Gasteiger partial charge >= 0.3 is 5.97 Å². The third kappa shape index (κ3) is 3.52. The van der Waals surface area contributed by atoms with Crippen molar-refractivity contribution in [1.82, 2.24) is 0 Å². The molecule has 134 valence electrons. The summed E-state index contributed by atoms with van der Waals surface area (Å²) in [5, 5.41) is 0. The summed E-state index contributed by atoms with van der Waals surface area (Å²) in [4.78, 5) is 37.8. The van der Waals surface area contributed by atoms with Crippen LogP contribution in [0.2, 0.25) is 0 Å². The van der Waals surface area contributed by atoms with Gasteiger partial charge in [0.1, 0.15) is 5.75 Å². The van der Waals surface area contributed by atoms with Gasteiger partial charge in [-0.05, 0) is 62.2 Å². The molecule has 0 bridgehead atoms. The summed E-state index contributed by atoms with van der Waals surface area (Å²) in [5.41, 5.74) is 3.54. The highest BCUT2D eigenvalue weighted by Gasteiger charge is 2.37. The number of aryl methyl sites for hydroxylation is 1. The van der Waals surface area contributed by atoms with Gasteiger partial charge in [0, 0.05) is 24.2 Å². The predicted molar refractivity (Wildman–Crippen MR) is 98.5 cm³/mol. The first-order chi connectivity index (χ1) is 12.4. The summed E-state index contributed by atoms with van der Waals surface area (Å²) >= 11 is 0. The summed E-state index contributed by atoms with van der Waals surface area (Å²) in [6.07, 6.45) is 0.137. The van der Waals surface area contributed by atoms with Crippen molar-refractivity contribution < 1.29 is 19.1 Å². The Kier molecular flexibility index (Phi) is 4.89. The van der Waals surface area contributed by atoms with Crippen molar-refractivity contribution in [3.63, 3.8) is 0 Å². The van der Waals surface area contributed by atoms with Crippen molar-refractivity contribution in [3.8, 4) is 5.75 Å². The molecule has 0 N–H and O–H groups in total. The van der Waals surface area contributed by atoms with Crippen LogP contribution in [0.1, 0.15) is 34.8 Å². The van der Waals surface area contributed by atoms with Crippen molar-refractivity contribution >= 4 is 23.3 Å². The third-order valence-corrected chi connectivity index (χ3v) is 4.80. The fraction of sp³-hybridized carbons (Fsp3) is 0.286. The normalized spacial score (nSPS) is 16.7. The third-order valence-electron chi connectivity index (χ3n) is 4.80. The molecule has 3 rings (SSSR count). The van der Waals surface area contributed by atoms with Crippen molar-refractivity contribution in [2.45, 2.75) is 27.2 Å². The molecule has 26 heavy (non-hydrogen) atoms. The van der Waals surface area contributed by atoms with Gasteiger partial charge in [-0.3, -0.25) is 14.4 Å². The lowest BCUT2D eigenvalue weighted by atomic mass is 10.1. The first-order valence-corrected chi connectivity index (χ1v) is 8.56. The van der Waals surface area contributed by atoms with Crippen LogP contribution in [0.3, 0.4) is 0 Å². The predicted octanol–water partition coefficient (Wildman–Crippen LogP) is 3.46. The van der Waals surface area contributed by atoms with E-state index in [1.807, 2.05) is 32.0 Å². The standard InChI is InChI=1S/C21H21NO4/c1-13-5-4-6-19(14(13)2)22-12-17(11-20(22)24)21(25)26-18-9-7-16(8-10-18)15(3)23/h4-10,17H,11-12H2,1-3H3/t17-/m0/s1. The topological polar surface area (TPSA) is 63.7 Å². The molecular weight excluding hydrogens is 330 g/mol. The van der Waals surface area contributed by atoms with Gasteiger partial charge in [0.25, 0.3) is 0 Å². The summed E-state index contributed by atoms with van der Waals surface area (Å²) in [6, 6.07) is 12.2. The Hall–Kier alpha value is -2.95. The SMILES string of the molecule is CC(=O)c1ccc(OC(=O)[C@H]2CC(=O)N(c3cccc(C)c3C)C2)cc1. The molecule has 0 aliphatic carbocycles. The molecule has 1 atom stereocenters. The van der Waals surface area contributed by atoms with E-state index in [1.54, 1.807) is 29.2 Å². The number of benzene rings is 2. The van der Waals surface area contributed by atoms with Crippen LogP contribution in [0.25, 0.3) is 0 Å². The molecule has 1 aliphatic heterocycles. The number of hydrogen-bond donors (Lipinski definition) is 0. The van der Waals surface area contributed by atoms with Gasteiger partial charge in [0.2, 0.25) is 5.91 Å². The van der Waals surface area contributed by atoms with Gasteiger partial charge in [0.05, 0.1) is 5.92 Å². The number of carbonyl (C=O) groups is 3. The Morgan fingerprint density at radius 2 is 1.77 bits per heavy atom. The van der Waals surface area contributed by atoms with Crippen molar-refractivity contribution in [3.05, 3.63) is 59.2 Å². The molecule has 0 saturated carbocycles. The van der Waals surface area contributed by atoms with E-state index in [2.05, 4.69) is 0 Å². The lowest BCUT2D eigenvalue weighted by Crippen LogP contribution is -2.28. The minimum atomic E-state index is -0.505. The van der Waals surface area contributed by atoms with Crippen molar-refractivity contribution in [2.75, 3.05) is 11.4 Å². The number of nitrogens with zero attached hydrogens (tertiary/aromatic N) is 1. The fourth-order valence-corrected chi connectivity index (χ4v) is 3.08. The zero-order valence-corrected chi connectivity index (χ0v) is 15.1. The van der Waals surface area contributed by atoms with E-state index in [0.717, 1.165) is 16.8 Å². The molecule has 2 aromatic rings. The number of ether oxygens (including phenoxy) is 1. The molecule has 1 heterocycles. The Labute approximate surface area is 152 Å². The van der Waals surface area contributed by atoms with Gasteiger partial charge < -0.3 is 9.64 Å². The highest BCUT2D eigenvalue weighted by Crippen LogP contribution is 2.30. The number of Topliss-reactive ketones (excluding diaryl/α,β-unsaturated/α-hetero) is 1. The molecule has 1 amide bonds. The lowest BCUT2D eigenvalue weighted by molar-refractivity contribution is -0.139. The van der Waals surface area contributed by atoms with E-state index in [0.29, 0.717) is 17.9 Å². The van der Waals surface area contributed by atoms with Crippen LogP contribution in [-0.2, 0) is 9.59 Å².